The summed E-state index contributed by atoms with van der Waals surface area (Å²) in [4.78, 5) is 25.4. The molecule has 2 N–H and O–H groups in total. The first-order valence-corrected chi connectivity index (χ1v) is 8.09. The van der Waals surface area contributed by atoms with Crippen LogP contribution in [0.15, 0.2) is 29.4 Å². The van der Waals surface area contributed by atoms with Crippen molar-refractivity contribution in [2.45, 2.75) is 19.4 Å². The van der Waals surface area contributed by atoms with E-state index in [1.165, 1.54) is 11.1 Å². The number of ether oxygens (including phenoxy) is 1. The lowest BCUT2D eigenvalue weighted by Gasteiger charge is -2.26. The van der Waals surface area contributed by atoms with Crippen molar-refractivity contribution in [2.75, 3.05) is 26.3 Å². The first-order valence-electron chi connectivity index (χ1n) is 8.09. The van der Waals surface area contributed by atoms with Gasteiger partial charge in [-0.3, -0.25) is 4.90 Å². The van der Waals surface area contributed by atoms with Gasteiger partial charge in [0.15, 0.2) is 6.61 Å². The monoisotopic (exact) mass is 360 g/mol. The summed E-state index contributed by atoms with van der Waals surface area (Å²) < 4.78 is 5.38. The Morgan fingerprint density at radius 1 is 1.15 bits per heavy atom. The predicted molar refractivity (Wildman–Crippen MR) is 92.4 cm³/mol. The highest BCUT2D eigenvalue weighted by Gasteiger charge is 2.14. The van der Waals surface area contributed by atoms with Gasteiger partial charge in [0.2, 0.25) is 5.90 Å². The molecule has 0 atom stereocenters. The third-order valence-electron chi connectivity index (χ3n) is 3.70. The van der Waals surface area contributed by atoms with Crippen LogP contribution in [0.4, 0.5) is 0 Å². The molecule has 3 rings (SSSR count). The van der Waals surface area contributed by atoms with E-state index in [1.54, 1.807) is 0 Å². The molecule has 0 aromatic heterocycles. The van der Waals surface area contributed by atoms with Gasteiger partial charge in [-0.25, -0.2) is 9.59 Å². The second kappa shape index (κ2) is 10.1. The number of hydrogen-bond acceptors (Lipinski definition) is 6. The number of carboxylic acid groups (broad SMARTS) is 2. The van der Waals surface area contributed by atoms with Crippen LogP contribution in [0.1, 0.15) is 17.5 Å². The summed E-state index contributed by atoms with van der Waals surface area (Å²) in [5.74, 6) is 3.21. The van der Waals surface area contributed by atoms with Crippen molar-refractivity contribution < 1.29 is 29.4 Å². The Balaban J connectivity index is 0.000000352. The molecule has 0 fully saturated rings. The molecule has 0 bridgehead atoms. The molecule has 0 saturated heterocycles. The van der Waals surface area contributed by atoms with Crippen molar-refractivity contribution in [2.24, 2.45) is 5.16 Å². The van der Waals surface area contributed by atoms with Crippen LogP contribution in [0.3, 0.4) is 0 Å². The highest BCUT2D eigenvalue weighted by atomic mass is 16.7. The van der Waals surface area contributed by atoms with Gasteiger partial charge in [0.1, 0.15) is 6.61 Å². The molecule has 0 spiro atoms. The number of carboxylic acids is 2. The maximum atomic E-state index is 9.10. The number of benzene rings is 1. The molecule has 2 aliphatic heterocycles. The van der Waals surface area contributed by atoms with Crippen molar-refractivity contribution in [3.8, 4) is 11.8 Å². The van der Waals surface area contributed by atoms with Crippen LogP contribution < -0.4 is 0 Å². The summed E-state index contributed by atoms with van der Waals surface area (Å²) >= 11 is 0. The molecule has 26 heavy (non-hydrogen) atoms. The number of rotatable bonds is 2. The Labute approximate surface area is 151 Å². The Kier molecular flexibility index (Phi) is 7.46. The number of carbonyl (C=O) groups is 2. The molecule has 8 nitrogen and oxygen atoms in total. The van der Waals surface area contributed by atoms with Crippen molar-refractivity contribution in [3.63, 3.8) is 0 Å². The zero-order valence-corrected chi connectivity index (χ0v) is 14.2. The van der Waals surface area contributed by atoms with Crippen LogP contribution in [0.2, 0.25) is 0 Å². The average Bonchev–Trinajstić information content (AvgIpc) is 3.15. The first kappa shape index (κ1) is 19.3. The molecular weight excluding hydrogens is 340 g/mol. The van der Waals surface area contributed by atoms with Crippen molar-refractivity contribution in [1.82, 2.24) is 4.90 Å². The van der Waals surface area contributed by atoms with E-state index in [2.05, 4.69) is 46.2 Å². The normalized spacial score (nSPS) is 15.2. The first-order chi connectivity index (χ1) is 12.6. The van der Waals surface area contributed by atoms with E-state index >= 15 is 0 Å². The summed E-state index contributed by atoms with van der Waals surface area (Å²) in [7, 11) is 0. The van der Waals surface area contributed by atoms with Crippen molar-refractivity contribution in [1.29, 1.82) is 0 Å². The topological polar surface area (TPSA) is 109 Å². The van der Waals surface area contributed by atoms with Gasteiger partial charge in [-0.1, -0.05) is 41.3 Å². The zero-order valence-electron chi connectivity index (χ0n) is 14.2. The molecule has 0 unspecified atom stereocenters. The van der Waals surface area contributed by atoms with E-state index in [0.717, 1.165) is 32.5 Å². The van der Waals surface area contributed by atoms with Crippen LogP contribution >= 0.6 is 0 Å². The molecule has 2 heterocycles. The second-order valence-electron chi connectivity index (χ2n) is 5.55. The van der Waals surface area contributed by atoms with Crippen molar-refractivity contribution >= 4 is 17.8 Å². The summed E-state index contributed by atoms with van der Waals surface area (Å²) in [5.41, 5.74) is 2.90. The van der Waals surface area contributed by atoms with Gasteiger partial charge >= 0.3 is 11.9 Å². The zero-order chi connectivity index (χ0) is 18.8. The summed E-state index contributed by atoms with van der Waals surface area (Å²) in [6.45, 7) is 3.88. The lowest BCUT2D eigenvalue weighted by atomic mass is 10.0. The number of nitrogens with zero attached hydrogens (tertiary/aromatic N) is 2. The second-order valence-corrected chi connectivity index (χ2v) is 5.55. The van der Waals surface area contributed by atoms with Gasteiger partial charge in [-0.2, -0.15) is 0 Å². The van der Waals surface area contributed by atoms with Crippen LogP contribution in [0.25, 0.3) is 0 Å². The standard InChI is InChI=1S/C16H18N2O2.C2H2O4/c1-2-6-15-13-18(10-7-14(15)5-1)9-3-4-11-19-16-8-12-20-17-16;3-1(4)2(5)6/h1-2,5-6H,7-13H2;(H,3,4)(H,5,6). The minimum Gasteiger partial charge on any atom is -0.473 e. The molecule has 0 aliphatic carbocycles. The minimum atomic E-state index is -1.82. The summed E-state index contributed by atoms with van der Waals surface area (Å²) in [5, 5.41) is 18.5. The molecule has 0 radical (unpaired) electrons. The van der Waals surface area contributed by atoms with E-state index in [4.69, 9.17) is 29.4 Å². The maximum Gasteiger partial charge on any atom is 0.414 e. The smallest absolute Gasteiger partial charge is 0.414 e. The maximum absolute atomic E-state index is 9.10. The molecule has 0 amide bonds. The predicted octanol–water partition coefficient (Wildman–Crippen LogP) is 0.954. The van der Waals surface area contributed by atoms with Crippen LogP contribution in [0, 0.1) is 11.8 Å². The highest BCUT2D eigenvalue weighted by molar-refractivity contribution is 6.27. The van der Waals surface area contributed by atoms with E-state index in [1.807, 2.05) is 0 Å². The van der Waals surface area contributed by atoms with E-state index in [0.29, 0.717) is 19.1 Å². The van der Waals surface area contributed by atoms with Gasteiger partial charge in [-0.15, -0.1) is 0 Å². The third kappa shape index (κ3) is 6.45. The molecule has 1 aromatic carbocycles. The molecule has 138 valence electrons. The molecule has 8 heteroatoms. The Morgan fingerprint density at radius 3 is 2.54 bits per heavy atom. The summed E-state index contributed by atoms with van der Waals surface area (Å²) in [6, 6.07) is 8.64. The SMILES string of the molecule is C(#CCN1CCc2ccccc2C1)COC1=NOCC1.O=C(O)C(=O)O. The van der Waals surface area contributed by atoms with E-state index < -0.39 is 11.9 Å². The molecule has 2 aliphatic rings. The number of fused-ring (bicyclic) bond motifs is 1. The Bertz CT molecular complexity index is 723. The third-order valence-corrected chi connectivity index (χ3v) is 3.70. The van der Waals surface area contributed by atoms with Gasteiger partial charge in [0.25, 0.3) is 0 Å². The van der Waals surface area contributed by atoms with Crippen LogP contribution in [-0.2, 0) is 32.1 Å². The largest absolute Gasteiger partial charge is 0.473 e. The van der Waals surface area contributed by atoms with Gasteiger partial charge in [-0.05, 0) is 17.5 Å². The average molecular weight is 360 g/mol. The van der Waals surface area contributed by atoms with E-state index in [-0.39, 0.29) is 0 Å². The lowest BCUT2D eigenvalue weighted by Crippen LogP contribution is -2.30. The Hall–Kier alpha value is -3.05. The van der Waals surface area contributed by atoms with Gasteiger partial charge in [0.05, 0.1) is 13.0 Å². The van der Waals surface area contributed by atoms with Crippen LogP contribution in [0.5, 0.6) is 0 Å². The summed E-state index contributed by atoms with van der Waals surface area (Å²) in [6.07, 6.45) is 1.87. The quantitative estimate of drug-likeness (QED) is 0.597. The molecule has 1 aromatic rings. The number of hydrogen-bond donors (Lipinski definition) is 2. The fraction of sp³-hybridized carbons (Fsp3) is 0.389. The lowest BCUT2D eigenvalue weighted by molar-refractivity contribution is -0.159. The molecule has 0 saturated carbocycles. The van der Waals surface area contributed by atoms with Crippen molar-refractivity contribution in [3.05, 3.63) is 35.4 Å². The minimum absolute atomic E-state index is 0.395. The Morgan fingerprint density at radius 2 is 1.88 bits per heavy atom. The van der Waals surface area contributed by atoms with Crippen LogP contribution in [-0.4, -0.2) is 59.3 Å². The van der Waals surface area contributed by atoms with E-state index in [9.17, 15) is 0 Å². The molecular formula is C18H20N2O6. The fourth-order valence-corrected chi connectivity index (χ4v) is 2.42. The fourth-order valence-electron chi connectivity index (χ4n) is 2.42. The van der Waals surface area contributed by atoms with Gasteiger partial charge in [0, 0.05) is 13.1 Å². The highest BCUT2D eigenvalue weighted by Crippen LogP contribution is 2.17. The number of oxime groups is 1. The van der Waals surface area contributed by atoms with Gasteiger partial charge < -0.3 is 19.8 Å². The number of aliphatic carboxylic acids is 2.